The number of pyridine rings is 2. The monoisotopic (exact) mass is 525 g/mol. The number of anilines is 4. The first-order valence-corrected chi connectivity index (χ1v) is 12.1. The summed E-state index contributed by atoms with van der Waals surface area (Å²) < 4.78 is 20.8. The number of benzene rings is 1. The van der Waals surface area contributed by atoms with Gasteiger partial charge in [0.05, 0.1) is 29.4 Å². The number of ether oxygens (including phenoxy) is 1. The highest BCUT2D eigenvalue weighted by atomic mass is 19.1. The van der Waals surface area contributed by atoms with Gasteiger partial charge in [0.15, 0.2) is 0 Å². The van der Waals surface area contributed by atoms with Crippen molar-refractivity contribution in [3.05, 3.63) is 84.4 Å². The van der Waals surface area contributed by atoms with Crippen molar-refractivity contribution in [2.24, 2.45) is 5.73 Å². The predicted molar refractivity (Wildman–Crippen MR) is 143 cm³/mol. The molecule has 196 valence electrons. The summed E-state index contributed by atoms with van der Waals surface area (Å²) in [6, 6.07) is 15.5. The van der Waals surface area contributed by atoms with Gasteiger partial charge in [0.25, 0.3) is 5.91 Å². The summed E-state index contributed by atoms with van der Waals surface area (Å²) in [5, 5.41) is 15.3. The molecule has 0 saturated carbocycles. The molecule has 1 aliphatic rings. The van der Waals surface area contributed by atoms with Gasteiger partial charge in [-0.1, -0.05) is 0 Å². The molecular formula is C27H24FN9O2. The zero-order chi connectivity index (χ0) is 27.2. The molecule has 39 heavy (non-hydrogen) atoms. The van der Waals surface area contributed by atoms with E-state index in [1.54, 1.807) is 60.9 Å². The number of piperidine rings is 1. The largest absolute Gasteiger partial charge is 0.424 e. The van der Waals surface area contributed by atoms with E-state index in [1.807, 2.05) is 11.0 Å². The van der Waals surface area contributed by atoms with Crippen molar-refractivity contribution in [1.82, 2.24) is 19.9 Å². The third-order valence-electron chi connectivity index (χ3n) is 6.13. The van der Waals surface area contributed by atoms with Gasteiger partial charge in [0.2, 0.25) is 0 Å². The van der Waals surface area contributed by atoms with Crippen molar-refractivity contribution in [3.63, 3.8) is 0 Å². The minimum atomic E-state index is -1.25. The fraction of sp³-hybridized carbons (Fsp3) is 0.185. The van der Waals surface area contributed by atoms with Crippen molar-refractivity contribution < 1.29 is 13.9 Å². The van der Waals surface area contributed by atoms with Gasteiger partial charge in [0.1, 0.15) is 29.6 Å². The molecule has 1 fully saturated rings. The van der Waals surface area contributed by atoms with Crippen LogP contribution in [0.4, 0.5) is 27.4 Å². The van der Waals surface area contributed by atoms with Crippen LogP contribution in [0.1, 0.15) is 22.3 Å². The number of nitrogens with zero attached hydrogens (tertiary/aromatic N) is 6. The molecule has 1 aliphatic heterocycles. The summed E-state index contributed by atoms with van der Waals surface area (Å²) in [5.74, 6) is 0.937. The molecule has 0 radical (unpaired) electrons. The SMILES string of the molecule is N#Cc1ccc(N2CC[C@@H](Nc3cc(Nc4ccc(Oc5ncccn5)cc4)ncc3C(N)=O)[C@@H](F)C2)nc1. The van der Waals surface area contributed by atoms with Gasteiger partial charge in [-0.25, -0.2) is 24.3 Å². The normalized spacial score (nSPS) is 16.7. The number of amides is 1. The minimum absolute atomic E-state index is 0.112. The van der Waals surface area contributed by atoms with Gasteiger partial charge < -0.3 is 26.0 Å². The summed E-state index contributed by atoms with van der Waals surface area (Å²) in [5.41, 5.74) is 7.27. The molecule has 0 spiro atoms. The summed E-state index contributed by atoms with van der Waals surface area (Å²) in [4.78, 5) is 30.5. The van der Waals surface area contributed by atoms with Crippen molar-refractivity contribution in [1.29, 1.82) is 5.26 Å². The number of nitrogens with two attached hydrogens (primary N) is 1. The second kappa shape index (κ2) is 11.4. The first-order chi connectivity index (χ1) is 19.0. The lowest BCUT2D eigenvalue weighted by Gasteiger charge is -2.36. The van der Waals surface area contributed by atoms with E-state index in [-0.39, 0.29) is 18.1 Å². The molecule has 11 nitrogen and oxygen atoms in total. The Kier molecular flexibility index (Phi) is 7.40. The van der Waals surface area contributed by atoms with Gasteiger partial charge in [-0.3, -0.25) is 4.79 Å². The van der Waals surface area contributed by atoms with Crippen LogP contribution in [0.5, 0.6) is 11.8 Å². The number of alkyl halides is 1. The molecule has 1 saturated heterocycles. The average Bonchev–Trinajstić information content (AvgIpc) is 2.96. The minimum Gasteiger partial charge on any atom is -0.424 e. The topological polar surface area (TPSA) is 155 Å². The van der Waals surface area contributed by atoms with E-state index in [1.165, 1.54) is 12.4 Å². The molecule has 12 heteroatoms. The molecule has 3 aromatic heterocycles. The van der Waals surface area contributed by atoms with E-state index >= 15 is 4.39 Å². The molecule has 2 atom stereocenters. The standard InChI is InChI=1S/C27H24FN9O2/c28-21-16-37(25-7-2-17(13-29)14-34-25)11-8-22(21)36-23-12-24(33-15-20(23)26(30)38)35-18-3-5-19(6-4-18)39-27-31-9-1-10-32-27/h1-7,9-10,12,14-15,21-22H,8,11,16H2,(H2,30,38)(H2,33,35,36)/t21-,22+/m0/s1. The number of aromatic nitrogens is 4. The number of halogens is 1. The Balaban J connectivity index is 1.26. The number of primary amides is 1. The van der Waals surface area contributed by atoms with Crippen LogP contribution in [0.3, 0.4) is 0 Å². The lowest BCUT2D eigenvalue weighted by Crippen LogP contribution is -2.48. The summed E-state index contributed by atoms with van der Waals surface area (Å²) >= 11 is 0. The third-order valence-corrected chi connectivity index (χ3v) is 6.13. The maximum Gasteiger partial charge on any atom is 0.321 e. The lowest BCUT2D eigenvalue weighted by atomic mass is 10.0. The first kappa shape index (κ1) is 25.3. The lowest BCUT2D eigenvalue weighted by molar-refractivity contribution is 0.100. The zero-order valence-electron chi connectivity index (χ0n) is 20.7. The smallest absolute Gasteiger partial charge is 0.321 e. The molecule has 4 N–H and O–H groups in total. The Morgan fingerprint density at radius 2 is 1.90 bits per heavy atom. The Morgan fingerprint density at radius 3 is 2.56 bits per heavy atom. The molecule has 5 rings (SSSR count). The van der Waals surface area contributed by atoms with E-state index in [4.69, 9.17) is 15.7 Å². The molecule has 0 bridgehead atoms. The maximum atomic E-state index is 15.2. The highest BCUT2D eigenvalue weighted by Crippen LogP contribution is 2.28. The van der Waals surface area contributed by atoms with Crippen LogP contribution in [-0.2, 0) is 0 Å². The molecule has 0 unspecified atom stereocenters. The number of nitriles is 1. The van der Waals surface area contributed by atoms with Gasteiger partial charge in [-0.15, -0.1) is 0 Å². The number of hydrogen-bond donors (Lipinski definition) is 3. The summed E-state index contributed by atoms with van der Waals surface area (Å²) in [6.07, 6.45) is 5.22. The second-order valence-electron chi connectivity index (χ2n) is 8.78. The van der Waals surface area contributed by atoms with E-state index in [2.05, 4.69) is 30.6 Å². The third kappa shape index (κ3) is 6.16. The Bertz CT molecular complexity index is 1480. The summed E-state index contributed by atoms with van der Waals surface area (Å²) in [7, 11) is 0. The number of rotatable bonds is 8. The fourth-order valence-electron chi connectivity index (χ4n) is 4.15. The number of carbonyl (C=O) groups is 1. The molecular weight excluding hydrogens is 501 g/mol. The van der Waals surface area contributed by atoms with Crippen LogP contribution in [0.15, 0.2) is 73.3 Å². The van der Waals surface area contributed by atoms with Crippen LogP contribution in [0.2, 0.25) is 0 Å². The van der Waals surface area contributed by atoms with Crippen LogP contribution >= 0.6 is 0 Å². The molecule has 0 aliphatic carbocycles. The predicted octanol–water partition coefficient (Wildman–Crippen LogP) is 3.80. The van der Waals surface area contributed by atoms with Gasteiger partial charge in [-0.2, -0.15) is 5.26 Å². The Morgan fingerprint density at radius 1 is 1.10 bits per heavy atom. The maximum absolute atomic E-state index is 15.2. The van der Waals surface area contributed by atoms with Crippen LogP contribution < -0.4 is 26.0 Å². The van der Waals surface area contributed by atoms with Crippen LogP contribution in [-0.4, -0.2) is 51.1 Å². The molecule has 4 heterocycles. The van der Waals surface area contributed by atoms with Crippen LogP contribution in [0, 0.1) is 11.3 Å². The molecule has 4 aromatic rings. The van der Waals surface area contributed by atoms with Crippen molar-refractivity contribution in [2.45, 2.75) is 18.6 Å². The average molecular weight is 526 g/mol. The first-order valence-electron chi connectivity index (χ1n) is 12.1. The fourth-order valence-corrected chi connectivity index (χ4v) is 4.15. The quantitative estimate of drug-likeness (QED) is 0.309. The Labute approximate surface area is 223 Å². The molecule has 1 aromatic carbocycles. The Hall–Kier alpha value is -5.31. The number of hydrogen-bond acceptors (Lipinski definition) is 10. The highest BCUT2D eigenvalue weighted by molar-refractivity contribution is 5.98. The second-order valence-corrected chi connectivity index (χ2v) is 8.78. The van der Waals surface area contributed by atoms with E-state index in [9.17, 15) is 4.79 Å². The van der Waals surface area contributed by atoms with Crippen molar-refractivity contribution in [3.8, 4) is 17.8 Å². The van der Waals surface area contributed by atoms with E-state index < -0.39 is 18.1 Å². The number of nitrogens with one attached hydrogen (secondary N) is 2. The van der Waals surface area contributed by atoms with E-state index in [0.29, 0.717) is 47.3 Å². The number of carbonyl (C=O) groups excluding carboxylic acids is 1. The van der Waals surface area contributed by atoms with Crippen molar-refractivity contribution in [2.75, 3.05) is 28.6 Å². The van der Waals surface area contributed by atoms with Crippen LogP contribution in [0.25, 0.3) is 0 Å². The summed E-state index contributed by atoms with van der Waals surface area (Å²) in [6.45, 7) is 0.655. The van der Waals surface area contributed by atoms with Crippen molar-refractivity contribution >= 4 is 28.9 Å². The van der Waals surface area contributed by atoms with Gasteiger partial charge >= 0.3 is 6.01 Å². The highest BCUT2D eigenvalue weighted by Gasteiger charge is 2.30. The van der Waals surface area contributed by atoms with Gasteiger partial charge in [-0.05, 0) is 48.9 Å². The van der Waals surface area contributed by atoms with Gasteiger partial charge in [0, 0.05) is 43.1 Å². The molecule has 1 amide bonds. The van der Waals surface area contributed by atoms with E-state index in [0.717, 1.165) is 0 Å². The zero-order valence-corrected chi connectivity index (χ0v) is 20.7.